The van der Waals surface area contributed by atoms with Crippen LogP contribution < -0.4 is 4.90 Å². The first-order valence-corrected chi connectivity index (χ1v) is 4.76. The van der Waals surface area contributed by atoms with Crippen molar-refractivity contribution in [2.75, 3.05) is 18.5 Å². The molecule has 0 unspecified atom stereocenters. The number of aromatic carboxylic acids is 1. The van der Waals surface area contributed by atoms with Crippen LogP contribution in [-0.4, -0.2) is 24.7 Å². The molecule has 0 saturated carbocycles. The second-order valence-corrected chi connectivity index (χ2v) is 3.64. The normalized spacial score (nSPS) is 15.1. The highest BCUT2D eigenvalue weighted by Crippen LogP contribution is 2.29. The minimum Gasteiger partial charge on any atom is -0.478 e. The van der Waals surface area contributed by atoms with Crippen molar-refractivity contribution < 1.29 is 9.90 Å². The monoisotopic (exact) mass is 191 g/mol. The zero-order valence-electron chi connectivity index (χ0n) is 8.16. The van der Waals surface area contributed by atoms with Gasteiger partial charge in [0.15, 0.2) is 0 Å². The maximum absolute atomic E-state index is 11.0. The lowest BCUT2D eigenvalue weighted by atomic mass is 9.98. The van der Waals surface area contributed by atoms with Gasteiger partial charge in [0.25, 0.3) is 0 Å². The summed E-state index contributed by atoms with van der Waals surface area (Å²) in [6.07, 6.45) is 2.09. The first-order valence-electron chi connectivity index (χ1n) is 4.76. The Morgan fingerprint density at radius 2 is 2.29 bits per heavy atom. The molecule has 0 aromatic heterocycles. The van der Waals surface area contributed by atoms with Crippen LogP contribution in [0, 0.1) is 0 Å². The van der Waals surface area contributed by atoms with Crippen molar-refractivity contribution >= 4 is 11.7 Å². The van der Waals surface area contributed by atoms with E-state index in [1.165, 1.54) is 0 Å². The number of fused-ring (bicyclic) bond motifs is 1. The summed E-state index contributed by atoms with van der Waals surface area (Å²) in [6.45, 7) is 0.942. The topological polar surface area (TPSA) is 40.5 Å². The van der Waals surface area contributed by atoms with Crippen LogP contribution in [0.5, 0.6) is 0 Å². The Labute approximate surface area is 83.0 Å². The zero-order chi connectivity index (χ0) is 10.1. The number of aryl methyl sites for hydroxylation is 1. The Kier molecular flexibility index (Phi) is 2.15. The van der Waals surface area contributed by atoms with Gasteiger partial charge in [0.2, 0.25) is 0 Å². The standard InChI is InChI=1S/C11H13NO2/c1-12-7-3-5-8-4-2-6-9(10(8)12)11(13)14/h2,4,6H,3,5,7H2,1H3,(H,13,14). The molecular weight excluding hydrogens is 178 g/mol. The summed E-state index contributed by atoms with van der Waals surface area (Å²) in [5.41, 5.74) is 2.47. The van der Waals surface area contributed by atoms with Crippen molar-refractivity contribution in [3.8, 4) is 0 Å². The van der Waals surface area contributed by atoms with Gasteiger partial charge in [-0.3, -0.25) is 0 Å². The molecule has 0 spiro atoms. The van der Waals surface area contributed by atoms with E-state index in [0.29, 0.717) is 5.56 Å². The number of hydrogen-bond donors (Lipinski definition) is 1. The van der Waals surface area contributed by atoms with E-state index < -0.39 is 5.97 Å². The van der Waals surface area contributed by atoms with Gasteiger partial charge in [0.05, 0.1) is 11.3 Å². The lowest BCUT2D eigenvalue weighted by Crippen LogP contribution is -2.26. The molecule has 0 aliphatic carbocycles. The average molecular weight is 191 g/mol. The van der Waals surface area contributed by atoms with Crippen LogP contribution in [0.1, 0.15) is 22.3 Å². The van der Waals surface area contributed by atoms with E-state index in [2.05, 4.69) is 0 Å². The summed E-state index contributed by atoms with van der Waals surface area (Å²) >= 11 is 0. The number of benzene rings is 1. The number of carboxylic acids is 1. The first-order chi connectivity index (χ1) is 6.70. The fourth-order valence-corrected chi connectivity index (χ4v) is 2.03. The molecule has 1 heterocycles. The maximum atomic E-state index is 11.0. The van der Waals surface area contributed by atoms with Gasteiger partial charge in [-0.25, -0.2) is 4.79 Å². The van der Waals surface area contributed by atoms with Crippen LogP contribution in [0.15, 0.2) is 18.2 Å². The Balaban J connectivity index is 2.57. The summed E-state index contributed by atoms with van der Waals surface area (Å²) in [4.78, 5) is 13.0. The Morgan fingerprint density at radius 3 is 3.00 bits per heavy atom. The van der Waals surface area contributed by atoms with Gasteiger partial charge in [-0.2, -0.15) is 0 Å². The lowest BCUT2D eigenvalue weighted by Gasteiger charge is -2.28. The fourth-order valence-electron chi connectivity index (χ4n) is 2.03. The van der Waals surface area contributed by atoms with Gasteiger partial charge in [0, 0.05) is 13.6 Å². The molecule has 1 aliphatic rings. The molecule has 3 nitrogen and oxygen atoms in total. The highest BCUT2D eigenvalue weighted by atomic mass is 16.4. The Bertz CT molecular complexity index is 374. The minimum atomic E-state index is -0.837. The van der Waals surface area contributed by atoms with E-state index in [9.17, 15) is 4.79 Å². The largest absolute Gasteiger partial charge is 0.478 e. The molecule has 1 aliphatic heterocycles. The summed E-state index contributed by atoms with van der Waals surface area (Å²) in [5, 5.41) is 9.03. The number of nitrogens with zero attached hydrogens (tertiary/aromatic N) is 1. The van der Waals surface area contributed by atoms with E-state index in [1.807, 2.05) is 24.1 Å². The number of carbonyl (C=O) groups is 1. The predicted molar refractivity (Wildman–Crippen MR) is 55.0 cm³/mol. The quantitative estimate of drug-likeness (QED) is 0.735. The number of hydrogen-bond acceptors (Lipinski definition) is 2. The highest BCUT2D eigenvalue weighted by Gasteiger charge is 2.20. The van der Waals surface area contributed by atoms with Crippen molar-refractivity contribution in [1.82, 2.24) is 0 Å². The molecule has 1 N–H and O–H groups in total. The highest BCUT2D eigenvalue weighted by molar-refractivity contribution is 5.95. The first kappa shape index (κ1) is 9.06. The number of carboxylic acid groups (broad SMARTS) is 1. The predicted octanol–water partition coefficient (Wildman–Crippen LogP) is 1.77. The molecule has 0 fully saturated rings. The van der Waals surface area contributed by atoms with E-state index in [0.717, 1.165) is 30.6 Å². The average Bonchev–Trinajstić information content (AvgIpc) is 2.17. The molecule has 14 heavy (non-hydrogen) atoms. The van der Waals surface area contributed by atoms with E-state index in [-0.39, 0.29) is 0 Å². The fraction of sp³-hybridized carbons (Fsp3) is 0.364. The zero-order valence-corrected chi connectivity index (χ0v) is 8.16. The molecule has 2 rings (SSSR count). The van der Waals surface area contributed by atoms with Crippen molar-refractivity contribution in [2.24, 2.45) is 0 Å². The molecule has 0 radical (unpaired) electrons. The lowest BCUT2D eigenvalue weighted by molar-refractivity contribution is 0.0697. The molecule has 74 valence electrons. The summed E-state index contributed by atoms with van der Waals surface area (Å²) < 4.78 is 0. The van der Waals surface area contributed by atoms with Crippen LogP contribution in [0.4, 0.5) is 5.69 Å². The Hall–Kier alpha value is -1.51. The van der Waals surface area contributed by atoms with Gasteiger partial charge >= 0.3 is 5.97 Å². The third-order valence-electron chi connectivity index (χ3n) is 2.67. The van der Waals surface area contributed by atoms with Crippen LogP contribution in [0.3, 0.4) is 0 Å². The summed E-state index contributed by atoms with van der Waals surface area (Å²) in [5.74, 6) is -0.837. The second kappa shape index (κ2) is 3.33. The van der Waals surface area contributed by atoms with Crippen LogP contribution in [0.2, 0.25) is 0 Å². The van der Waals surface area contributed by atoms with Crippen LogP contribution in [0.25, 0.3) is 0 Å². The molecule has 1 aromatic carbocycles. The van der Waals surface area contributed by atoms with Crippen molar-refractivity contribution in [3.05, 3.63) is 29.3 Å². The Morgan fingerprint density at radius 1 is 1.50 bits per heavy atom. The third kappa shape index (κ3) is 1.35. The third-order valence-corrected chi connectivity index (χ3v) is 2.67. The van der Waals surface area contributed by atoms with E-state index >= 15 is 0 Å². The molecule has 0 saturated heterocycles. The molecule has 3 heteroatoms. The molecule has 0 atom stereocenters. The minimum absolute atomic E-state index is 0.421. The number of para-hydroxylation sites is 1. The van der Waals surface area contributed by atoms with Crippen molar-refractivity contribution in [1.29, 1.82) is 0 Å². The summed E-state index contributed by atoms with van der Waals surface area (Å²) in [6, 6.07) is 5.50. The van der Waals surface area contributed by atoms with Crippen molar-refractivity contribution in [3.63, 3.8) is 0 Å². The van der Waals surface area contributed by atoms with Gasteiger partial charge in [-0.05, 0) is 24.5 Å². The number of anilines is 1. The molecular formula is C11H13NO2. The molecule has 0 amide bonds. The second-order valence-electron chi connectivity index (χ2n) is 3.64. The SMILES string of the molecule is CN1CCCc2cccc(C(=O)O)c21. The maximum Gasteiger partial charge on any atom is 0.337 e. The van der Waals surface area contributed by atoms with E-state index in [1.54, 1.807) is 6.07 Å². The van der Waals surface area contributed by atoms with Crippen LogP contribution >= 0.6 is 0 Å². The molecule has 0 bridgehead atoms. The van der Waals surface area contributed by atoms with Gasteiger partial charge in [0.1, 0.15) is 0 Å². The molecule has 1 aromatic rings. The summed E-state index contributed by atoms with van der Waals surface area (Å²) in [7, 11) is 1.95. The van der Waals surface area contributed by atoms with Crippen LogP contribution in [-0.2, 0) is 6.42 Å². The van der Waals surface area contributed by atoms with Gasteiger partial charge in [-0.1, -0.05) is 12.1 Å². The van der Waals surface area contributed by atoms with E-state index in [4.69, 9.17) is 5.11 Å². The van der Waals surface area contributed by atoms with Gasteiger partial charge in [-0.15, -0.1) is 0 Å². The number of rotatable bonds is 1. The van der Waals surface area contributed by atoms with Gasteiger partial charge < -0.3 is 10.0 Å². The van der Waals surface area contributed by atoms with Crippen molar-refractivity contribution in [2.45, 2.75) is 12.8 Å². The smallest absolute Gasteiger partial charge is 0.337 e.